The molecule has 6 heteroatoms. The van der Waals surface area contributed by atoms with Gasteiger partial charge in [0.1, 0.15) is 12.4 Å². The molecule has 5 heterocycles. The number of rotatable bonds is 5. The fraction of sp³-hybridized carbons (Fsp3) is 0.255. The fourth-order valence-electron chi connectivity index (χ4n) is 8.13. The van der Waals surface area contributed by atoms with E-state index in [0.717, 1.165) is 50.7 Å². The van der Waals surface area contributed by atoms with E-state index in [4.69, 9.17) is 19.7 Å². The van der Waals surface area contributed by atoms with Gasteiger partial charge in [-0.3, -0.25) is 9.55 Å². The SMILES string of the molecule is CC(C)[C@@H]1COC(c2cc(-c3ccccn3)cc(N3c4ccccc4C(C)(C)c4cc5c6ccccc6n(-c6cc(C(C)(C)C)ccn6)c5cc43)c2)=N1. The second-order valence-corrected chi connectivity index (χ2v) is 16.4. The van der Waals surface area contributed by atoms with Crippen molar-refractivity contribution in [1.29, 1.82) is 0 Å². The number of ether oxygens (including phenoxy) is 1. The molecule has 0 saturated carbocycles. The van der Waals surface area contributed by atoms with E-state index >= 15 is 0 Å². The van der Waals surface area contributed by atoms with E-state index in [1.807, 2.05) is 24.5 Å². The Bertz CT molecular complexity index is 2570. The molecule has 9 rings (SSSR count). The van der Waals surface area contributed by atoms with Crippen LogP contribution in [-0.2, 0) is 15.6 Å². The third kappa shape index (κ3) is 5.42. The highest BCUT2D eigenvalue weighted by Crippen LogP contribution is 2.54. The van der Waals surface area contributed by atoms with Crippen LogP contribution in [0.4, 0.5) is 17.1 Å². The molecule has 264 valence electrons. The highest BCUT2D eigenvalue weighted by atomic mass is 16.5. The summed E-state index contributed by atoms with van der Waals surface area (Å²) in [6.07, 6.45) is 3.80. The van der Waals surface area contributed by atoms with Gasteiger partial charge >= 0.3 is 0 Å². The van der Waals surface area contributed by atoms with Crippen LogP contribution in [0.5, 0.6) is 0 Å². The Hall–Kier alpha value is -5.75. The summed E-state index contributed by atoms with van der Waals surface area (Å²) < 4.78 is 8.65. The van der Waals surface area contributed by atoms with Gasteiger partial charge in [0.05, 0.1) is 34.1 Å². The maximum Gasteiger partial charge on any atom is 0.216 e. The molecule has 0 fully saturated rings. The van der Waals surface area contributed by atoms with Gasteiger partial charge < -0.3 is 9.64 Å². The molecule has 6 nitrogen and oxygen atoms in total. The normalized spacial score (nSPS) is 16.5. The lowest BCUT2D eigenvalue weighted by molar-refractivity contribution is 0.292. The Morgan fingerprint density at radius 1 is 0.717 bits per heavy atom. The molecular weight excluding hydrogens is 651 g/mol. The number of hydrogen-bond acceptors (Lipinski definition) is 5. The van der Waals surface area contributed by atoms with Crippen molar-refractivity contribution in [3.63, 3.8) is 0 Å². The van der Waals surface area contributed by atoms with Crippen LogP contribution < -0.4 is 4.90 Å². The van der Waals surface area contributed by atoms with E-state index in [-0.39, 0.29) is 16.9 Å². The topological polar surface area (TPSA) is 55.5 Å². The summed E-state index contributed by atoms with van der Waals surface area (Å²) in [6.45, 7) is 16.5. The van der Waals surface area contributed by atoms with Gasteiger partial charge in [-0.1, -0.05) is 90.9 Å². The molecule has 0 amide bonds. The fourth-order valence-corrected chi connectivity index (χ4v) is 8.13. The Kier molecular flexibility index (Phi) is 7.60. The summed E-state index contributed by atoms with van der Waals surface area (Å²) in [5.74, 6) is 2.00. The highest BCUT2D eigenvalue weighted by Gasteiger charge is 2.38. The number of benzene rings is 4. The van der Waals surface area contributed by atoms with Crippen molar-refractivity contribution in [2.45, 2.75) is 65.3 Å². The molecule has 0 aliphatic carbocycles. The second-order valence-electron chi connectivity index (χ2n) is 16.4. The van der Waals surface area contributed by atoms with Crippen LogP contribution in [0.2, 0.25) is 0 Å². The predicted octanol–water partition coefficient (Wildman–Crippen LogP) is 11.4. The van der Waals surface area contributed by atoms with Gasteiger partial charge in [0.15, 0.2) is 0 Å². The highest BCUT2D eigenvalue weighted by molar-refractivity contribution is 6.11. The van der Waals surface area contributed by atoms with Crippen molar-refractivity contribution in [2.24, 2.45) is 10.9 Å². The number of fused-ring (bicyclic) bond motifs is 5. The monoisotopic (exact) mass is 695 g/mol. The number of hydrogen-bond donors (Lipinski definition) is 0. The summed E-state index contributed by atoms with van der Waals surface area (Å²) in [5, 5.41) is 2.43. The molecule has 2 aliphatic rings. The van der Waals surface area contributed by atoms with Crippen LogP contribution in [0.1, 0.15) is 70.7 Å². The molecule has 0 unspecified atom stereocenters. The number of aromatic nitrogens is 3. The Labute approximate surface area is 311 Å². The third-order valence-electron chi connectivity index (χ3n) is 11.2. The van der Waals surface area contributed by atoms with E-state index in [1.54, 1.807) is 0 Å². The van der Waals surface area contributed by atoms with Crippen molar-refractivity contribution in [3.8, 4) is 17.1 Å². The molecule has 4 aromatic carbocycles. The van der Waals surface area contributed by atoms with E-state index in [2.05, 4.69) is 155 Å². The van der Waals surface area contributed by atoms with E-state index in [0.29, 0.717) is 18.4 Å². The van der Waals surface area contributed by atoms with Gasteiger partial charge in [-0.15, -0.1) is 0 Å². The van der Waals surface area contributed by atoms with Crippen molar-refractivity contribution in [1.82, 2.24) is 14.5 Å². The van der Waals surface area contributed by atoms with Crippen LogP contribution in [0.15, 0.2) is 127 Å². The first-order valence-electron chi connectivity index (χ1n) is 18.7. The molecule has 7 aromatic rings. The minimum atomic E-state index is -0.269. The Morgan fingerprint density at radius 3 is 2.26 bits per heavy atom. The van der Waals surface area contributed by atoms with Crippen molar-refractivity contribution >= 4 is 44.8 Å². The van der Waals surface area contributed by atoms with Gasteiger partial charge in [0.25, 0.3) is 0 Å². The zero-order chi connectivity index (χ0) is 36.6. The van der Waals surface area contributed by atoms with Gasteiger partial charge in [0, 0.05) is 45.4 Å². The lowest BCUT2D eigenvalue weighted by Crippen LogP contribution is -2.30. The van der Waals surface area contributed by atoms with Crippen LogP contribution in [0.3, 0.4) is 0 Å². The second kappa shape index (κ2) is 12.2. The molecule has 0 N–H and O–H groups in total. The molecule has 0 spiro atoms. The first-order chi connectivity index (χ1) is 25.5. The van der Waals surface area contributed by atoms with E-state index in [9.17, 15) is 0 Å². The summed E-state index contributed by atoms with van der Waals surface area (Å²) in [7, 11) is 0. The maximum atomic E-state index is 6.31. The largest absolute Gasteiger partial charge is 0.475 e. The number of para-hydroxylation sites is 2. The third-order valence-corrected chi connectivity index (χ3v) is 11.2. The molecule has 53 heavy (non-hydrogen) atoms. The average molecular weight is 696 g/mol. The van der Waals surface area contributed by atoms with Crippen LogP contribution in [0, 0.1) is 5.92 Å². The predicted molar refractivity (Wildman–Crippen MR) is 218 cm³/mol. The minimum absolute atomic E-state index is 0.0149. The zero-order valence-electron chi connectivity index (χ0n) is 31.6. The van der Waals surface area contributed by atoms with E-state index < -0.39 is 0 Å². The smallest absolute Gasteiger partial charge is 0.216 e. The van der Waals surface area contributed by atoms with Gasteiger partial charge in [-0.2, -0.15) is 0 Å². The average Bonchev–Trinajstić information content (AvgIpc) is 3.78. The van der Waals surface area contributed by atoms with Gasteiger partial charge in [0.2, 0.25) is 5.90 Å². The molecule has 0 bridgehead atoms. The molecule has 2 aliphatic heterocycles. The Balaban J connectivity index is 1.34. The number of anilines is 3. The summed E-state index contributed by atoms with van der Waals surface area (Å²) in [6, 6.07) is 39.6. The van der Waals surface area contributed by atoms with Crippen LogP contribution in [0.25, 0.3) is 38.9 Å². The summed E-state index contributed by atoms with van der Waals surface area (Å²) >= 11 is 0. The number of aliphatic imine (C=N–C) groups is 1. The maximum absolute atomic E-state index is 6.31. The van der Waals surface area contributed by atoms with Gasteiger partial charge in [-0.05, 0) is 94.8 Å². The standard InChI is InChI=1S/C47H45N5O/c1-29(2)39-28-53-45(50-39)31-22-30(38-16-12-13-20-48-38)23-33(24-31)51-41-18-11-9-15-36(41)47(6,7)37-26-35-34-14-8-10-17-40(34)52(42(35)27-43(37)51)44-25-32(19-21-49-44)46(3,4)5/h8-27,29,39H,28H2,1-7H3/t39-/m0/s1. The summed E-state index contributed by atoms with van der Waals surface area (Å²) in [4.78, 5) is 17.3. The van der Waals surface area contributed by atoms with E-state index in [1.165, 1.54) is 27.5 Å². The first kappa shape index (κ1) is 33.1. The molecule has 0 saturated heterocycles. The lowest BCUT2D eigenvalue weighted by atomic mass is 9.73. The quantitative estimate of drug-likeness (QED) is 0.180. The number of nitrogens with zero attached hydrogens (tertiary/aromatic N) is 5. The molecule has 1 atom stereocenters. The lowest BCUT2D eigenvalue weighted by Gasteiger charge is -2.42. The van der Waals surface area contributed by atoms with Crippen LogP contribution in [-0.4, -0.2) is 33.1 Å². The molecule has 0 radical (unpaired) electrons. The Morgan fingerprint density at radius 2 is 1.49 bits per heavy atom. The van der Waals surface area contributed by atoms with Gasteiger partial charge in [-0.25, -0.2) is 9.98 Å². The van der Waals surface area contributed by atoms with Crippen molar-refractivity contribution in [3.05, 3.63) is 144 Å². The van der Waals surface area contributed by atoms with Crippen molar-refractivity contribution < 1.29 is 4.74 Å². The first-order valence-corrected chi connectivity index (χ1v) is 18.7. The van der Waals surface area contributed by atoms with Crippen LogP contribution >= 0.6 is 0 Å². The minimum Gasteiger partial charge on any atom is -0.475 e. The zero-order valence-corrected chi connectivity index (χ0v) is 31.6. The molecule has 3 aromatic heterocycles. The number of pyridine rings is 2. The summed E-state index contributed by atoms with van der Waals surface area (Å²) in [5.41, 5.74) is 11.9. The van der Waals surface area contributed by atoms with Crippen molar-refractivity contribution in [2.75, 3.05) is 11.5 Å². The molecular formula is C47H45N5O.